The van der Waals surface area contributed by atoms with E-state index < -0.39 is 5.91 Å². The van der Waals surface area contributed by atoms with Gasteiger partial charge in [0.15, 0.2) is 0 Å². The van der Waals surface area contributed by atoms with Crippen molar-refractivity contribution >= 4 is 29.8 Å². The summed E-state index contributed by atoms with van der Waals surface area (Å²) in [5.41, 5.74) is 6.14. The van der Waals surface area contributed by atoms with E-state index in [0.29, 0.717) is 5.69 Å². The molecule has 0 unspecified atom stereocenters. The Bertz CT molecular complexity index is 796. The molecule has 0 saturated carbocycles. The van der Waals surface area contributed by atoms with Crippen LogP contribution in [0.25, 0.3) is 6.08 Å². The molecule has 0 heterocycles. The number of rotatable bonds is 6. The zero-order valence-corrected chi connectivity index (χ0v) is 14.3. The van der Waals surface area contributed by atoms with Gasteiger partial charge in [-0.25, -0.2) is 5.43 Å². The van der Waals surface area contributed by atoms with Gasteiger partial charge < -0.3 is 5.32 Å². The van der Waals surface area contributed by atoms with Crippen molar-refractivity contribution in [2.45, 2.75) is 20.3 Å². The van der Waals surface area contributed by atoms with Crippen LogP contribution in [0.2, 0.25) is 0 Å². The van der Waals surface area contributed by atoms with Gasteiger partial charge in [-0.2, -0.15) is 5.10 Å². The Balaban J connectivity index is 1.76. The molecule has 0 aliphatic heterocycles. The van der Waals surface area contributed by atoms with Gasteiger partial charge in [-0.3, -0.25) is 9.59 Å². The fraction of sp³-hybridized carbons (Fsp3) is 0.150. The van der Waals surface area contributed by atoms with Gasteiger partial charge in [-0.1, -0.05) is 54.1 Å². The van der Waals surface area contributed by atoms with E-state index in [1.54, 1.807) is 6.08 Å². The lowest BCUT2D eigenvalue weighted by Crippen LogP contribution is -2.24. The maximum Gasteiger partial charge on any atom is 0.249 e. The van der Waals surface area contributed by atoms with Crippen LogP contribution >= 0.6 is 0 Å². The molecule has 5 heteroatoms. The smallest absolute Gasteiger partial charge is 0.249 e. The number of allylic oxidation sites excluding steroid dienone is 1. The van der Waals surface area contributed by atoms with Crippen LogP contribution in [0.4, 0.5) is 5.69 Å². The molecule has 0 aliphatic rings. The normalized spacial score (nSPS) is 11.0. The summed E-state index contributed by atoms with van der Waals surface area (Å²) >= 11 is 0. The van der Waals surface area contributed by atoms with E-state index in [1.807, 2.05) is 68.5 Å². The van der Waals surface area contributed by atoms with Gasteiger partial charge in [0.2, 0.25) is 11.8 Å². The minimum Gasteiger partial charge on any atom is -0.325 e. The van der Waals surface area contributed by atoms with E-state index >= 15 is 0 Å². The van der Waals surface area contributed by atoms with Crippen LogP contribution in [-0.4, -0.2) is 18.0 Å². The van der Waals surface area contributed by atoms with Crippen molar-refractivity contribution in [3.05, 3.63) is 71.3 Å². The van der Waals surface area contributed by atoms with Crippen molar-refractivity contribution in [1.29, 1.82) is 0 Å². The topological polar surface area (TPSA) is 70.6 Å². The molecule has 128 valence electrons. The van der Waals surface area contributed by atoms with Crippen LogP contribution in [0.3, 0.4) is 0 Å². The summed E-state index contributed by atoms with van der Waals surface area (Å²) in [6, 6.07) is 15.4. The molecule has 0 atom stereocenters. The molecule has 0 aromatic heterocycles. The fourth-order valence-corrected chi connectivity index (χ4v) is 2.20. The Morgan fingerprint density at radius 3 is 2.52 bits per heavy atom. The summed E-state index contributed by atoms with van der Waals surface area (Å²) in [6.07, 6.45) is 4.76. The number of nitrogens with one attached hydrogen (secondary N) is 2. The average molecular weight is 335 g/mol. The lowest BCUT2D eigenvalue weighted by Gasteiger charge is -2.08. The highest BCUT2D eigenvalue weighted by Crippen LogP contribution is 2.16. The first-order valence-corrected chi connectivity index (χ1v) is 7.95. The quantitative estimate of drug-likeness (QED) is 0.482. The molecule has 0 aliphatic carbocycles. The van der Waals surface area contributed by atoms with Crippen LogP contribution < -0.4 is 10.7 Å². The third-order valence-corrected chi connectivity index (χ3v) is 3.42. The molecule has 5 nitrogen and oxygen atoms in total. The van der Waals surface area contributed by atoms with E-state index in [1.165, 1.54) is 6.21 Å². The molecule has 2 aromatic rings. The minimum absolute atomic E-state index is 0.285. The Labute approximate surface area is 147 Å². The van der Waals surface area contributed by atoms with E-state index in [0.717, 1.165) is 16.7 Å². The molecule has 25 heavy (non-hydrogen) atoms. The maximum atomic E-state index is 11.9. The highest BCUT2D eigenvalue weighted by Gasteiger charge is 2.10. The molecule has 2 rings (SSSR count). The number of hydrogen-bond acceptors (Lipinski definition) is 3. The molecule has 2 aromatic carbocycles. The Hall–Kier alpha value is -3.21. The van der Waals surface area contributed by atoms with E-state index in [-0.39, 0.29) is 12.3 Å². The van der Waals surface area contributed by atoms with Gasteiger partial charge in [0.1, 0.15) is 6.42 Å². The van der Waals surface area contributed by atoms with Crippen molar-refractivity contribution in [1.82, 2.24) is 5.43 Å². The van der Waals surface area contributed by atoms with Crippen LogP contribution in [0.1, 0.15) is 23.1 Å². The molecular formula is C20H21N3O2. The number of hydrogen-bond donors (Lipinski definition) is 2. The summed E-state index contributed by atoms with van der Waals surface area (Å²) in [6.45, 7) is 3.89. The van der Waals surface area contributed by atoms with Crippen molar-refractivity contribution < 1.29 is 9.59 Å². The monoisotopic (exact) mass is 335 g/mol. The number of hydrazone groups is 1. The molecule has 0 fully saturated rings. The largest absolute Gasteiger partial charge is 0.325 e. The molecular weight excluding hydrogens is 314 g/mol. The van der Waals surface area contributed by atoms with Crippen molar-refractivity contribution in [3.8, 4) is 0 Å². The van der Waals surface area contributed by atoms with Gasteiger partial charge in [-0.15, -0.1) is 0 Å². The van der Waals surface area contributed by atoms with Crippen LogP contribution in [0.15, 0.2) is 59.7 Å². The molecule has 0 saturated heterocycles. The standard InChI is InChI=1S/C20H21N3O2/c1-15-10-11-18(16(2)13-15)22-19(24)14-20(25)23-21-12-6-9-17-7-4-3-5-8-17/h3-13H,14H2,1-2H3,(H,22,24)(H,23,25). The summed E-state index contributed by atoms with van der Waals surface area (Å²) < 4.78 is 0. The molecule has 2 amide bonds. The highest BCUT2D eigenvalue weighted by molar-refractivity contribution is 6.04. The molecule has 0 radical (unpaired) electrons. The van der Waals surface area contributed by atoms with E-state index in [9.17, 15) is 9.59 Å². The van der Waals surface area contributed by atoms with Gasteiger partial charge in [0, 0.05) is 11.9 Å². The third-order valence-electron chi connectivity index (χ3n) is 3.42. The van der Waals surface area contributed by atoms with Crippen LogP contribution in [-0.2, 0) is 9.59 Å². The number of carbonyl (C=O) groups is 2. The molecule has 0 bridgehead atoms. The second-order valence-electron chi connectivity index (χ2n) is 5.63. The van der Waals surface area contributed by atoms with Crippen LogP contribution in [0.5, 0.6) is 0 Å². The first-order chi connectivity index (χ1) is 12.0. The van der Waals surface area contributed by atoms with Crippen LogP contribution in [0, 0.1) is 13.8 Å². The second kappa shape index (κ2) is 9.17. The van der Waals surface area contributed by atoms with Gasteiger partial charge in [0.25, 0.3) is 0 Å². The van der Waals surface area contributed by atoms with Crippen molar-refractivity contribution in [2.24, 2.45) is 5.10 Å². The second-order valence-corrected chi connectivity index (χ2v) is 5.63. The van der Waals surface area contributed by atoms with E-state index in [4.69, 9.17) is 0 Å². The highest BCUT2D eigenvalue weighted by atomic mass is 16.2. The minimum atomic E-state index is -0.466. The number of benzene rings is 2. The summed E-state index contributed by atoms with van der Waals surface area (Å²) in [5, 5.41) is 6.51. The SMILES string of the molecule is Cc1ccc(NC(=O)CC(=O)NN=CC=Cc2ccccc2)c(C)c1. The fourth-order valence-electron chi connectivity index (χ4n) is 2.20. The van der Waals surface area contributed by atoms with E-state index in [2.05, 4.69) is 15.8 Å². The van der Waals surface area contributed by atoms with Gasteiger partial charge in [-0.05, 0) is 37.1 Å². The molecule has 2 N–H and O–H groups in total. The maximum absolute atomic E-state index is 11.9. The van der Waals surface area contributed by atoms with Gasteiger partial charge >= 0.3 is 0 Å². The summed E-state index contributed by atoms with van der Waals surface area (Å²) in [7, 11) is 0. The lowest BCUT2D eigenvalue weighted by molar-refractivity contribution is -0.126. The first kappa shape index (κ1) is 18.1. The van der Waals surface area contributed by atoms with Crippen molar-refractivity contribution in [3.63, 3.8) is 0 Å². The predicted octanol–water partition coefficient (Wildman–Crippen LogP) is 3.45. The number of aryl methyl sites for hydroxylation is 2. The number of nitrogens with zero attached hydrogens (tertiary/aromatic N) is 1. The van der Waals surface area contributed by atoms with Gasteiger partial charge in [0.05, 0.1) is 0 Å². The zero-order chi connectivity index (χ0) is 18.1. The Morgan fingerprint density at radius 1 is 1.04 bits per heavy atom. The summed E-state index contributed by atoms with van der Waals surface area (Å²) in [4.78, 5) is 23.6. The summed E-state index contributed by atoms with van der Waals surface area (Å²) in [5.74, 6) is -0.842. The lowest BCUT2D eigenvalue weighted by atomic mass is 10.1. The number of anilines is 1. The predicted molar refractivity (Wildman–Crippen MR) is 101 cm³/mol. The Morgan fingerprint density at radius 2 is 1.80 bits per heavy atom. The molecule has 0 spiro atoms. The Kier molecular flexibility index (Phi) is 6.65. The first-order valence-electron chi connectivity index (χ1n) is 7.95. The number of carbonyl (C=O) groups excluding carboxylic acids is 2. The van der Waals surface area contributed by atoms with Crippen molar-refractivity contribution in [2.75, 3.05) is 5.32 Å². The third kappa shape index (κ3) is 6.43. The average Bonchev–Trinajstić information content (AvgIpc) is 2.58. The zero-order valence-electron chi connectivity index (χ0n) is 14.3. The number of amides is 2.